The first-order valence-electron chi connectivity index (χ1n) is 5.58. The number of benzene rings is 1. The minimum absolute atomic E-state index is 0.0207. The van der Waals surface area contributed by atoms with E-state index in [4.69, 9.17) is 0 Å². The van der Waals surface area contributed by atoms with Gasteiger partial charge < -0.3 is 10.1 Å². The van der Waals surface area contributed by atoms with Gasteiger partial charge in [0.05, 0.1) is 0 Å². The van der Waals surface area contributed by atoms with Gasteiger partial charge in [0, 0.05) is 17.8 Å². The van der Waals surface area contributed by atoms with Crippen molar-refractivity contribution in [2.75, 3.05) is 5.32 Å². The fourth-order valence-corrected chi connectivity index (χ4v) is 2.39. The molecule has 0 aliphatic carbocycles. The van der Waals surface area contributed by atoms with E-state index in [1.165, 1.54) is 18.2 Å². The minimum atomic E-state index is -4.67. The van der Waals surface area contributed by atoms with Gasteiger partial charge >= 0.3 is 6.36 Å². The van der Waals surface area contributed by atoms with Gasteiger partial charge in [0.15, 0.2) is 0 Å². The van der Waals surface area contributed by atoms with Gasteiger partial charge in [-0.25, -0.2) is 0 Å². The van der Waals surface area contributed by atoms with Crippen LogP contribution in [0, 0.1) is 0 Å². The maximum Gasteiger partial charge on any atom is 0.573 e. The lowest BCUT2D eigenvalue weighted by atomic mass is 10.1. The Bertz CT molecular complexity index is 525. The van der Waals surface area contributed by atoms with E-state index in [0.717, 1.165) is 5.56 Å². The van der Waals surface area contributed by atoms with Gasteiger partial charge in [-0.15, -0.1) is 13.2 Å². The van der Waals surface area contributed by atoms with Gasteiger partial charge in [-0.2, -0.15) is 11.3 Å². The van der Waals surface area contributed by atoms with Gasteiger partial charge in [0.25, 0.3) is 0 Å². The summed E-state index contributed by atoms with van der Waals surface area (Å²) in [5.41, 5.74) is 1.67. The maximum atomic E-state index is 12.1. The summed E-state index contributed by atoms with van der Waals surface area (Å²) in [4.78, 5) is 0. The van der Waals surface area contributed by atoms with Gasteiger partial charge in [0.2, 0.25) is 0 Å². The molecule has 2 rings (SSSR count). The second-order valence-corrected chi connectivity index (χ2v) is 4.78. The van der Waals surface area contributed by atoms with Crippen LogP contribution in [0.2, 0.25) is 0 Å². The molecule has 1 aromatic heterocycles. The van der Waals surface area contributed by atoms with Crippen LogP contribution in [0.5, 0.6) is 5.75 Å². The number of rotatable bonds is 4. The van der Waals surface area contributed by atoms with Crippen LogP contribution in [0.3, 0.4) is 0 Å². The average Bonchev–Trinajstić information content (AvgIpc) is 2.80. The molecule has 0 amide bonds. The predicted octanol–water partition coefficient (Wildman–Crippen LogP) is 4.82. The normalized spacial score (nSPS) is 13.1. The number of hydrogen-bond donors (Lipinski definition) is 1. The first kappa shape index (κ1) is 13.7. The molecule has 0 spiro atoms. The monoisotopic (exact) mass is 287 g/mol. The van der Waals surface area contributed by atoms with Crippen molar-refractivity contribution >= 4 is 17.0 Å². The molecule has 102 valence electrons. The Labute approximate surface area is 112 Å². The SMILES string of the molecule is CC(Nc1cccc(OC(F)(F)F)c1)c1ccsc1. The standard InChI is InChI=1S/C13H12F3NOS/c1-9(10-5-6-19-8-10)17-11-3-2-4-12(7-11)18-13(14,15)16/h2-9,17H,1H3. The van der Waals surface area contributed by atoms with Gasteiger partial charge in [0.1, 0.15) is 5.75 Å². The van der Waals surface area contributed by atoms with E-state index in [1.807, 2.05) is 23.8 Å². The molecule has 19 heavy (non-hydrogen) atoms. The zero-order chi connectivity index (χ0) is 13.9. The molecule has 0 radical (unpaired) electrons. The molecule has 1 aromatic carbocycles. The van der Waals surface area contributed by atoms with E-state index in [0.29, 0.717) is 5.69 Å². The Balaban J connectivity index is 2.07. The number of thiophene rings is 1. The summed E-state index contributed by atoms with van der Waals surface area (Å²) in [7, 11) is 0. The molecule has 1 heterocycles. The highest BCUT2D eigenvalue weighted by atomic mass is 32.1. The molecule has 2 nitrogen and oxygen atoms in total. The summed E-state index contributed by atoms with van der Waals surface area (Å²) < 4.78 is 40.2. The minimum Gasteiger partial charge on any atom is -0.406 e. The number of hydrogen-bond acceptors (Lipinski definition) is 3. The van der Waals surface area contributed by atoms with Gasteiger partial charge in [-0.3, -0.25) is 0 Å². The van der Waals surface area contributed by atoms with E-state index >= 15 is 0 Å². The zero-order valence-corrected chi connectivity index (χ0v) is 10.9. The quantitative estimate of drug-likeness (QED) is 0.870. The van der Waals surface area contributed by atoms with Crippen molar-refractivity contribution in [1.29, 1.82) is 0 Å². The van der Waals surface area contributed by atoms with Crippen molar-refractivity contribution in [2.45, 2.75) is 19.3 Å². The summed E-state index contributed by atoms with van der Waals surface area (Å²) in [6, 6.07) is 7.81. The number of nitrogens with one attached hydrogen (secondary N) is 1. The third-order valence-corrected chi connectivity index (χ3v) is 3.20. The second kappa shape index (κ2) is 5.52. The summed E-state index contributed by atoms with van der Waals surface area (Å²) in [5, 5.41) is 7.08. The van der Waals surface area contributed by atoms with Crippen LogP contribution < -0.4 is 10.1 Å². The van der Waals surface area contributed by atoms with Gasteiger partial charge in [-0.1, -0.05) is 6.07 Å². The smallest absolute Gasteiger partial charge is 0.406 e. The molecule has 6 heteroatoms. The largest absolute Gasteiger partial charge is 0.573 e. The first-order chi connectivity index (χ1) is 8.94. The molecule has 0 aliphatic heterocycles. The predicted molar refractivity (Wildman–Crippen MR) is 69.5 cm³/mol. The molecule has 0 saturated heterocycles. The third kappa shape index (κ3) is 4.17. The summed E-state index contributed by atoms with van der Waals surface area (Å²) in [6.45, 7) is 1.94. The Morgan fingerprint density at radius 1 is 1.26 bits per heavy atom. The fraction of sp³-hybridized carbons (Fsp3) is 0.231. The van der Waals surface area contributed by atoms with Crippen molar-refractivity contribution in [3.8, 4) is 5.75 Å². The Morgan fingerprint density at radius 3 is 2.68 bits per heavy atom. The molecular formula is C13H12F3NOS. The van der Waals surface area contributed by atoms with Crippen LogP contribution in [-0.2, 0) is 0 Å². The summed E-state index contributed by atoms with van der Waals surface area (Å²) >= 11 is 1.58. The lowest BCUT2D eigenvalue weighted by molar-refractivity contribution is -0.274. The van der Waals surface area contributed by atoms with Crippen LogP contribution >= 0.6 is 11.3 Å². The molecule has 0 bridgehead atoms. The van der Waals surface area contributed by atoms with Crippen LogP contribution in [0.4, 0.5) is 18.9 Å². The van der Waals surface area contributed by atoms with Gasteiger partial charge in [-0.05, 0) is 41.4 Å². The zero-order valence-electron chi connectivity index (χ0n) is 10.1. The Hall–Kier alpha value is -1.69. The van der Waals surface area contributed by atoms with Crippen molar-refractivity contribution < 1.29 is 17.9 Å². The number of ether oxygens (including phenoxy) is 1. The van der Waals surface area contributed by atoms with Crippen LogP contribution in [0.15, 0.2) is 41.1 Å². The van der Waals surface area contributed by atoms with E-state index in [9.17, 15) is 13.2 Å². The maximum absolute atomic E-state index is 12.1. The van der Waals surface area contributed by atoms with E-state index in [2.05, 4.69) is 10.1 Å². The highest BCUT2D eigenvalue weighted by Gasteiger charge is 2.31. The first-order valence-corrected chi connectivity index (χ1v) is 6.53. The van der Waals surface area contributed by atoms with Crippen molar-refractivity contribution in [3.05, 3.63) is 46.7 Å². The number of alkyl halides is 3. The summed E-state index contributed by atoms with van der Waals surface area (Å²) in [6.07, 6.45) is -4.67. The lowest BCUT2D eigenvalue weighted by Gasteiger charge is -2.15. The molecule has 1 N–H and O–H groups in total. The molecule has 1 unspecified atom stereocenters. The van der Waals surface area contributed by atoms with Crippen LogP contribution in [-0.4, -0.2) is 6.36 Å². The molecule has 0 aliphatic rings. The molecule has 1 atom stereocenters. The average molecular weight is 287 g/mol. The van der Waals surface area contributed by atoms with Crippen molar-refractivity contribution in [1.82, 2.24) is 0 Å². The number of anilines is 1. The molecule has 0 fully saturated rings. The van der Waals surface area contributed by atoms with E-state index < -0.39 is 6.36 Å². The molecule has 0 saturated carbocycles. The topological polar surface area (TPSA) is 21.3 Å². The van der Waals surface area contributed by atoms with Crippen LogP contribution in [0.25, 0.3) is 0 Å². The Morgan fingerprint density at radius 2 is 2.05 bits per heavy atom. The molecule has 2 aromatic rings. The van der Waals surface area contributed by atoms with E-state index in [-0.39, 0.29) is 11.8 Å². The molecular weight excluding hydrogens is 275 g/mol. The van der Waals surface area contributed by atoms with Crippen molar-refractivity contribution in [3.63, 3.8) is 0 Å². The lowest BCUT2D eigenvalue weighted by Crippen LogP contribution is -2.17. The van der Waals surface area contributed by atoms with Crippen LogP contribution in [0.1, 0.15) is 18.5 Å². The highest BCUT2D eigenvalue weighted by molar-refractivity contribution is 7.07. The highest BCUT2D eigenvalue weighted by Crippen LogP contribution is 2.27. The number of halogens is 3. The third-order valence-electron chi connectivity index (χ3n) is 2.49. The van der Waals surface area contributed by atoms with E-state index in [1.54, 1.807) is 17.4 Å². The second-order valence-electron chi connectivity index (χ2n) is 4.00. The van der Waals surface area contributed by atoms with Crippen molar-refractivity contribution in [2.24, 2.45) is 0 Å². The fourth-order valence-electron chi connectivity index (χ4n) is 1.64. The summed E-state index contributed by atoms with van der Waals surface area (Å²) in [5.74, 6) is -0.227. The Kier molecular flexibility index (Phi) is 3.99.